The molecule has 5 nitrogen and oxygen atoms in total. The number of sulfonamides is 1. The minimum absolute atomic E-state index is 0.159. The van der Waals surface area contributed by atoms with Crippen LogP contribution in [0.25, 0.3) is 10.8 Å². The summed E-state index contributed by atoms with van der Waals surface area (Å²) in [5.74, 6) is -0.212. The van der Waals surface area contributed by atoms with Crippen molar-refractivity contribution >= 4 is 30.6 Å². The van der Waals surface area contributed by atoms with E-state index >= 15 is 0 Å². The molecule has 7 heteroatoms. The van der Waals surface area contributed by atoms with E-state index in [4.69, 9.17) is 0 Å². The van der Waals surface area contributed by atoms with Gasteiger partial charge in [0.2, 0.25) is 10.0 Å². The molecule has 1 aliphatic heterocycles. The first-order chi connectivity index (χ1) is 10.3. The van der Waals surface area contributed by atoms with E-state index in [0.29, 0.717) is 0 Å². The van der Waals surface area contributed by atoms with Crippen LogP contribution in [0.2, 0.25) is 0 Å². The van der Waals surface area contributed by atoms with Crippen LogP contribution >= 0.6 is 0 Å². The molecular weight excluding hydrogens is 322 g/mol. The molecule has 1 unspecified atom stereocenters. The first kappa shape index (κ1) is 15.2. The summed E-state index contributed by atoms with van der Waals surface area (Å²) in [4.78, 5) is 0.159. The molecule has 0 N–H and O–H groups in total. The second-order valence-electron chi connectivity index (χ2n) is 5.26. The summed E-state index contributed by atoms with van der Waals surface area (Å²) in [5, 5.41) is 2.85. The highest BCUT2D eigenvalue weighted by Crippen LogP contribution is 2.24. The van der Waals surface area contributed by atoms with Gasteiger partial charge in [0.25, 0.3) is 0 Å². The van der Waals surface area contributed by atoms with Crippen molar-refractivity contribution in [2.45, 2.75) is 10.9 Å². The van der Waals surface area contributed by atoms with Gasteiger partial charge in [0.05, 0.1) is 16.7 Å². The number of nitrogens with zero attached hydrogens (tertiary/aromatic N) is 1. The van der Waals surface area contributed by atoms with Crippen molar-refractivity contribution in [3.8, 4) is 0 Å². The number of benzene rings is 2. The van der Waals surface area contributed by atoms with Crippen molar-refractivity contribution in [2.75, 3.05) is 12.8 Å². The monoisotopic (exact) mass is 337 g/mol. The molecule has 0 bridgehead atoms. The molecule has 1 heterocycles. The Balaban J connectivity index is 1.99. The van der Waals surface area contributed by atoms with Gasteiger partial charge in [-0.15, -0.1) is 0 Å². The molecule has 0 spiro atoms. The van der Waals surface area contributed by atoms with Gasteiger partial charge in [-0.25, -0.2) is 16.8 Å². The van der Waals surface area contributed by atoms with E-state index in [0.717, 1.165) is 20.5 Å². The number of fused-ring (bicyclic) bond motifs is 1. The molecule has 0 fully saturated rings. The first-order valence-corrected chi connectivity index (χ1v) is 9.83. The highest BCUT2D eigenvalue weighted by molar-refractivity contribution is 7.94. The molecule has 22 heavy (non-hydrogen) atoms. The zero-order chi connectivity index (χ0) is 16.0. The fourth-order valence-corrected chi connectivity index (χ4v) is 5.24. The van der Waals surface area contributed by atoms with Gasteiger partial charge < -0.3 is 0 Å². The summed E-state index contributed by atoms with van der Waals surface area (Å²) in [6.07, 6.45) is 1.41. The molecule has 3 rings (SSSR count). The average Bonchev–Trinajstić information content (AvgIpc) is 2.86. The molecule has 116 valence electrons. The van der Waals surface area contributed by atoms with Gasteiger partial charge in [-0.2, -0.15) is 4.31 Å². The average molecular weight is 337 g/mol. The van der Waals surface area contributed by atoms with Crippen molar-refractivity contribution < 1.29 is 16.8 Å². The van der Waals surface area contributed by atoms with Crippen molar-refractivity contribution in [1.29, 1.82) is 0 Å². The minimum Gasteiger partial charge on any atom is -0.224 e. The van der Waals surface area contributed by atoms with E-state index in [1.807, 2.05) is 24.3 Å². The summed E-state index contributed by atoms with van der Waals surface area (Å²) < 4.78 is 49.4. The van der Waals surface area contributed by atoms with E-state index in [1.165, 1.54) is 13.1 Å². The predicted molar refractivity (Wildman–Crippen MR) is 85.6 cm³/mol. The summed E-state index contributed by atoms with van der Waals surface area (Å²) >= 11 is 0. The molecule has 0 aromatic heterocycles. The van der Waals surface area contributed by atoms with Gasteiger partial charge in [-0.05, 0) is 22.9 Å². The smallest absolute Gasteiger partial charge is 0.224 e. The lowest BCUT2D eigenvalue weighted by Gasteiger charge is -2.22. The molecule has 2 aromatic rings. The van der Waals surface area contributed by atoms with Crippen LogP contribution in [0.4, 0.5) is 0 Å². The molecule has 0 aliphatic carbocycles. The minimum atomic E-state index is -3.75. The molecule has 0 radical (unpaired) electrons. The maximum atomic E-state index is 12.7. The third kappa shape index (κ3) is 2.67. The van der Waals surface area contributed by atoms with Crippen LogP contribution in [0.3, 0.4) is 0 Å². The van der Waals surface area contributed by atoms with Crippen molar-refractivity contribution in [3.05, 3.63) is 53.9 Å². The molecule has 0 saturated carbocycles. The Morgan fingerprint density at radius 2 is 1.77 bits per heavy atom. The number of rotatable bonds is 3. The van der Waals surface area contributed by atoms with Gasteiger partial charge in [-0.1, -0.05) is 36.4 Å². The van der Waals surface area contributed by atoms with Crippen LogP contribution in [-0.2, 0) is 19.9 Å². The maximum Gasteiger partial charge on any atom is 0.243 e. The third-order valence-electron chi connectivity index (χ3n) is 3.78. The van der Waals surface area contributed by atoms with Crippen LogP contribution < -0.4 is 0 Å². The predicted octanol–water partition coefficient (Wildman–Crippen LogP) is 1.77. The quantitative estimate of drug-likeness (QED) is 0.856. The summed E-state index contributed by atoms with van der Waals surface area (Å²) in [7, 11) is -5.65. The highest BCUT2D eigenvalue weighted by atomic mass is 32.2. The maximum absolute atomic E-state index is 12.7. The van der Waals surface area contributed by atoms with E-state index in [1.54, 1.807) is 18.2 Å². The Kier molecular flexibility index (Phi) is 3.58. The van der Waals surface area contributed by atoms with E-state index in [9.17, 15) is 16.8 Å². The standard InChI is InChI=1S/C15H15NO4S2/c1-16(14-8-9-21(17,18)11-14)22(19,20)15-7-6-12-4-2-3-5-13(12)10-15/h2-10,14H,11H2,1H3. The van der Waals surface area contributed by atoms with Gasteiger partial charge in [-0.3, -0.25) is 0 Å². The molecular formula is C15H15NO4S2. The van der Waals surface area contributed by atoms with Gasteiger partial charge in [0.15, 0.2) is 9.84 Å². The summed E-state index contributed by atoms with van der Waals surface area (Å²) in [5.41, 5.74) is 0. The zero-order valence-corrected chi connectivity index (χ0v) is 13.5. The van der Waals surface area contributed by atoms with Crippen LogP contribution in [0.1, 0.15) is 0 Å². The van der Waals surface area contributed by atoms with Crippen LogP contribution in [0.15, 0.2) is 58.8 Å². The zero-order valence-electron chi connectivity index (χ0n) is 11.9. The van der Waals surface area contributed by atoms with Gasteiger partial charge in [0.1, 0.15) is 0 Å². The fraction of sp³-hybridized carbons (Fsp3) is 0.200. The van der Waals surface area contributed by atoms with Crippen LogP contribution in [-0.4, -0.2) is 40.0 Å². The lowest BCUT2D eigenvalue weighted by molar-refractivity contribution is 0.439. The molecule has 1 aliphatic rings. The molecule has 2 aromatic carbocycles. The number of likely N-dealkylation sites (N-methyl/N-ethyl adjacent to an activating group) is 1. The second kappa shape index (κ2) is 5.19. The molecule has 0 amide bonds. The second-order valence-corrected chi connectivity index (χ2v) is 9.18. The van der Waals surface area contributed by atoms with Crippen LogP contribution in [0, 0.1) is 0 Å². The lowest BCUT2D eigenvalue weighted by Crippen LogP contribution is -2.37. The number of sulfone groups is 1. The SMILES string of the molecule is CN(C1C=CS(=O)(=O)C1)S(=O)(=O)c1ccc2ccccc2c1. The Labute approximate surface area is 129 Å². The Bertz CT molecular complexity index is 962. The molecule has 1 atom stereocenters. The number of hydrogen-bond donors (Lipinski definition) is 0. The third-order valence-corrected chi connectivity index (χ3v) is 7.03. The Morgan fingerprint density at radius 3 is 2.41 bits per heavy atom. The van der Waals surface area contributed by atoms with Gasteiger partial charge in [0, 0.05) is 12.5 Å². The van der Waals surface area contributed by atoms with E-state index < -0.39 is 25.9 Å². The van der Waals surface area contributed by atoms with Crippen molar-refractivity contribution in [3.63, 3.8) is 0 Å². The Morgan fingerprint density at radius 1 is 1.09 bits per heavy atom. The summed E-state index contributed by atoms with van der Waals surface area (Å²) in [6.45, 7) is 0. The first-order valence-electron chi connectivity index (χ1n) is 6.67. The highest BCUT2D eigenvalue weighted by Gasteiger charge is 2.32. The molecule has 0 saturated heterocycles. The lowest BCUT2D eigenvalue weighted by atomic mass is 10.1. The largest absolute Gasteiger partial charge is 0.243 e. The van der Waals surface area contributed by atoms with Crippen molar-refractivity contribution in [1.82, 2.24) is 4.31 Å². The van der Waals surface area contributed by atoms with Gasteiger partial charge >= 0.3 is 0 Å². The van der Waals surface area contributed by atoms with Crippen LogP contribution in [0.5, 0.6) is 0 Å². The van der Waals surface area contributed by atoms with E-state index in [2.05, 4.69) is 0 Å². The van der Waals surface area contributed by atoms with E-state index in [-0.39, 0.29) is 10.6 Å². The summed E-state index contributed by atoms with van der Waals surface area (Å²) in [6, 6.07) is 11.7. The normalized spacial score (nSPS) is 20.7. The van der Waals surface area contributed by atoms with Crippen molar-refractivity contribution in [2.24, 2.45) is 0 Å². The fourth-order valence-electron chi connectivity index (χ4n) is 2.46. The number of hydrogen-bond acceptors (Lipinski definition) is 4. The topological polar surface area (TPSA) is 71.5 Å². The Hall–Kier alpha value is -1.70.